The van der Waals surface area contributed by atoms with E-state index >= 15 is 0 Å². The van der Waals surface area contributed by atoms with Crippen molar-refractivity contribution in [1.82, 2.24) is 4.90 Å². The minimum Gasteiger partial charge on any atom is -0.493 e. The third-order valence-corrected chi connectivity index (χ3v) is 6.67. The number of carbonyl (C=O) groups is 1. The molecule has 8 heteroatoms. The van der Waals surface area contributed by atoms with Crippen molar-refractivity contribution >= 4 is 21.6 Å². The number of anilines is 1. The number of ether oxygens (including phenoxy) is 2. The van der Waals surface area contributed by atoms with Crippen molar-refractivity contribution in [3.8, 4) is 11.5 Å². The fourth-order valence-corrected chi connectivity index (χ4v) is 4.92. The van der Waals surface area contributed by atoms with E-state index in [1.165, 1.54) is 4.31 Å². The van der Waals surface area contributed by atoms with Crippen LogP contribution in [0.25, 0.3) is 0 Å². The Morgan fingerprint density at radius 2 is 1.86 bits per heavy atom. The molecule has 0 aliphatic carbocycles. The summed E-state index contributed by atoms with van der Waals surface area (Å²) in [6.45, 7) is 3.34. The molecule has 1 heterocycles. The van der Waals surface area contributed by atoms with Gasteiger partial charge in [0.2, 0.25) is 10.0 Å². The Bertz CT molecular complexity index is 973. The van der Waals surface area contributed by atoms with Crippen molar-refractivity contribution in [3.63, 3.8) is 0 Å². The summed E-state index contributed by atoms with van der Waals surface area (Å²) < 4.78 is 36.4. The van der Waals surface area contributed by atoms with Crippen LogP contribution in [-0.2, 0) is 16.6 Å². The maximum absolute atomic E-state index is 12.8. The molecule has 1 saturated heterocycles. The van der Waals surface area contributed by atoms with Crippen molar-refractivity contribution < 1.29 is 22.7 Å². The van der Waals surface area contributed by atoms with Gasteiger partial charge in [-0.2, -0.15) is 0 Å². The number of rotatable bonds is 7. The average Bonchev–Trinajstić information content (AvgIpc) is 3.07. The highest BCUT2D eigenvalue weighted by molar-refractivity contribution is 7.93. The third-order valence-electron chi connectivity index (χ3n) is 4.80. The number of benzene rings is 2. The summed E-state index contributed by atoms with van der Waals surface area (Å²) in [5.41, 5.74) is 2.02. The number of hydrogen-bond acceptors (Lipinski definition) is 5. The van der Waals surface area contributed by atoms with Gasteiger partial charge in [0, 0.05) is 25.7 Å². The summed E-state index contributed by atoms with van der Waals surface area (Å²) in [5.74, 6) is 1.32. The van der Waals surface area contributed by atoms with E-state index in [1.54, 1.807) is 43.3 Å². The van der Waals surface area contributed by atoms with E-state index in [4.69, 9.17) is 9.47 Å². The SMILES string of the molecule is CCOc1ccc(CN(C)C(=O)c2ccc(N3CCCS3(=O)=O)cc2)cc1OC. The molecule has 0 atom stereocenters. The first-order valence-corrected chi connectivity index (χ1v) is 11.1. The van der Waals surface area contributed by atoms with Crippen molar-refractivity contribution in [1.29, 1.82) is 0 Å². The maximum Gasteiger partial charge on any atom is 0.253 e. The van der Waals surface area contributed by atoms with Crippen LogP contribution < -0.4 is 13.8 Å². The summed E-state index contributed by atoms with van der Waals surface area (Å²) in [6.07, 6.45) is 0.622. The molecule has 2 aromatic rings. The lowest BCUT2D eigenvalue weighted by atomic mass is 10.1. The van der Waals surface area contributed by atoms with Crippen LogP contribution in [0.3, 0.4) is 0 Å². The van der Waals surface area contributed by atoms with Crippen molar-refractivity contribution in [2.75, 3.05) is 37.4 Å². The topological polar surface area (TPSA) is 76.2 Å². The average molecular weight is 419 g/mol. The number of sulfonamides is 1. The summed E-state index contributed by atoms with van der Waals surface area (Å²) in [4.78, 5) is 14.4. The minimum absolute atomic E-state index is 0.145. The first kappa shape index (κ1) is 21.0. The summed E-state index contributed by atoms with van der Waals surface area (Å²) in [6, 6.07) is 12.3. The smallest absolute Gasteiger partial charge is 0.253 e. The largest absolute Gasteiger partial charge is 0.493 e. The van der Waals surface area contributed by atoms with Gasteiger partial charge in [-0.15, -0.1) is 0 Å². The summed E-state index contributed by atoms with van der Waals surface area (Å²) in [7, 11) is 0.0795. The van der Waals surface area contributed by atoms with E-state index in [1.807, 2.05) is 25.1 Å². The molecular formula is C21H26N2O5S. The predicted octanol–water partition coefficient (Wildman–Crippen LogP) is 2.91. The van der Waals surface area contributed by atoms with Crippen molar-refractivity contribution in [2.24, 2.45) is 0 Å². The van der Waals surface area contributed by atoms with Crippen LogP contribution >= 0.6 is 0 Å². The number of nitrogens with zero attached hydrogens (tertiary/aromatic N) is 2. The zero-order valence-electron chi connectivity index (χ0n) is 16.9. The van der Waals surface area contributed by atoms with Crippen LogP contribution in [0.1, 0.15) is 29.3 Å². The molecule has 29 heavy (non-hydrogen) atoms. The molecule has 1 amide bonds. The predicted molar refractivity (Wildman–Crippen MR) is 112 cm³/mol. The third kappa shape index (κ3) is 4.64. The zero-order chi connectivity index (χ0) is 21.0. The lowest BCUT2D eigenvalue weighted by Crippen LogP contribution is -2.27. The van der Waals surface area contributed by atoms with Gasteiger partial charge in [0.1, 0.15) is 0 Å². The number of hydrogen-bond donors (Lipinski definition) is 0. The second kappa shape index (κ2) is 8.73. The Kier molecular flexibility index (Phi) is 6.32. The van der Waals surface area contributed by atoms with Crippen molar-refractivity contribution in [2.45, 2.75) is 19.9 Å². The molecule has 1 fully saturated rings. The lowest BCUT2D eigenvalue weighted by Gasteiger charge is -2.20. The van der Waals surface area contributed by atoms with Crippen molar-refractivity contribution in [3.05, 3.63) is 53.6 Å². The molecule has 156 valence electrons. The highest BCUT2D eigenvalue weighted by Gasteiger charge is 2.28. The molecule has 0 aromatic heterocycles. The fraction of sp³-hybridized carbons (Fsp3) is 0.381. The highest BCUT2D eigenvalue weighted by atomic mass is 32.2. The molecule has 0 N–H and O–H groups in total. The normalized spacial score (nSPS) is 15.2. The van der Waals surface area contributed by atoms with E-state index < -0.39 is 10.0 Å². The molecular weight excluding hydrogens is 392 g/mol. The van der Waals surface area contributed by atoms with Crippen LogP contribution in [0.4, 0.5) is 5.69 Å². The molecule has 0 saturated carbocycles. The van der Waals surface area contributed by atoms with E-state index in [-0.39, 0.29) is 11.7 Å². The van der Waals surface area contributed by atoms with Crippen LogP contribution in [0, 0.1) is 0 Å². The van der Waals surface area contributed by atoms with E-state index in [9.17, 15) is 13.2 Å². The molecule has 7 nitrogen and oxygen atoms in total. The van der Waals surface area contributed by atoms with Crippen LogP contribution in [0.15, 0.2) is 42.5 Å². The number of amides is 1. The van der Waals surface area contributed by atoms with E-state index in [2.05, 4.69) is 0 Å². The highest BCUT2D eigenvalue weighted by Crippen LogP contribution is 2.29. The Labute approximate surface area is 171 Å². The molecule has 1 aliphatic rings. The van der Waals surface area contributed by atoms with Gasteiger partial charge in [-0.1, -0.05) is 6.07 Å². The molecule has 2 aromatic carbocycles. The first-order valence-electron chi connectivity index (χ1n) is 9.51. The molecule has 3 rings (SSSR count). The summed E-state index contributed by atoms with van der Waals surface area (Å²) in [5, 5.41) is 0. The van der Waals surface area contributed by atoms with Gasteiger partial charge in [0.25, 0.3) is 5.91 Å². The van der Waals surface area contributed by atoms with Gasteiger partial charge in [-0.25, -0.2) is 8.42 Å². The molecule has 0 radical (unpaired) electrons. The first-order chi connectivity index (χ1) is 13.9. The van der Waals surface area contributed by atoms with E-state index in [0.29, 0.717) is 48.9 Å². The van der Waals surface area contributed by atoms with Crippen LogP contribution in [-0.4, -0.2) is 52.3 Å². The fourth-order valence-electron chi connectivity index (χ4n) is 3.35. The zero-order valence-corrected chi connectivity index (χ0v) is 17.7. The number of carbonyl (C=O) groups excluding carboxylic acids is 1. The number of methoxy groups -OCH3 is 1. The molecule has 0 spiro atoms. The van der Waals surface area contributed by atoms with Gasteiger partial charge >= 0.3 is 0 Å². The Hall–Kier alpha value is -2.74. The molecule has 1 aliphatic heterocycles. The van der Waals surface area contributed by atoms with Gasteiger partial charge in [-0.05, 0) is 55.3 Å². The molecule has 0 unspecified atom stereocenters. The van der Waals surface area contributed by atoms with Gasteiger partial charge in [0.15, 0.2) is 11.5 Å². The minimum atomic E-state index is -3.23. The Morgan fingerprint density at radius 3 is 2.45 bits per heavy atom. The summed E-state index contributed by atoms with van der Waals surface area (Å²) >= 11 is 0. The Morgan fingerprint density at radius 1 is 1.14 bits per heavy atom. The standard InChI is InChI=1S/C21H26N2O5S/c1-4-28-19-11-6-16(14-20(19)27-3)15-22(2)21(24)17-7-9-18(10-8-17)23-12-5-13-29(23,25)26/h6-11,14H,4-5,12-13,15H2,1-3H3. The van der Waals surface area contributed by atoms with Gasteiger partial charge < -0.3 is 14.4 Å². The maximum atomic E-state index is 12.8. The van der Waals surface area contributed by atoms with Crippen LogP contribution in [0.5, 0.6) is 11.5 Å². The quantitative estimate of drug-likeness (QED) is 0.691. The second-order valence-corrected chi connectivity index (χ2v) is 8.88. The lowest BCUT2D eigenvalue weighted by molar-refractivity contribution is 0.0785. The van der Waals surface area contributed by atoms with Crippen LogP contribution in [0.2, 0.25) is 0 Å². The monoisotopic (exact) mass is 418 g/mol. The van der Waals surface area contributed by atoms with Gasteiger partial charge in [0.05, 0.1) is 25.2 Å². The van der Waals surface area contributed by atoms with E-state index in [0.717, 1.165) is 5.56 Å². The van der Waals surface area contributed by atoms with Gasteiger partial charge in [-0.3, -0.25) is 9.10 Å². The Balaban J connectivity index is 1.70. The second-order valence-electron chi connectivity index (χ2n) is 6.87. The molecule has 0 bridgehead atoms.